The molecule has 0 aliphatic rings. The van der Waals surface area contributed by atoms with Gasteiger partial charge in [-0.2, -0.15) is 0 Å². The Labute approximate surface area is 138 Å². The molecule has 0 atom stereocenters. The van der Waals surface area contributed by atoms with Gasteiger partial charge < -0.3 is 9.84 Å². The fraction of sp³-hybridized carbons (Fsp3) is 0.125. The van der Waals surface area contributed by atoms with Gasteiger partial charge in [0.2, 0.25) is 10.0 Å². The fourth-order valence-electron chi connectivity index (χ4n) is 1.87. The van der Waals surface area contributed by atoms with E-state index in [0.717, 1.165) is 6.26 Å². The van der Waals surface area contributed by atoms with Crippen LogP contribution in [0.1, 0.15) is 20.7 Å². The number of phenols is 1. The molecule has 8 heteroatoms. The van der Waals surface area contributed by atoms with E-state index in [1.807, 2.05) is 0 Å². The zero-order chi connectivity index (χ0) is 17.7. The van der Waals surface area contributed by atoms with Gasteiger partial charge in [0.1, 0.15) is 5.75 Å². The standard InChI is InChI=1S/C16H15NO6S/c1-24(21,22)17-13-7-5-11(6-8-13)15(19)10-23-16(20)12-3-2-4-14(18)9-12/h2-9,17-18H,10H2,1H3. The molecular formula is C16H15NO6S. The molecule has 2 N–H and O–H groups in total. The lowest BCUT2D eigenvalue weighted by Crippen LogP contribution is -2.14. The summed E-state index contributed by atoms with van der Waals surface area (Å²) in [6.07, 6.45) is 1.02. The highest BCUT2D eigenvalue weighted by Gasteiger charge is 2.12. The average Bonchev–Trinajstić information content (AvgIpc) is 2.51. The first-order chi connectivity index (χ1) is 11.2. The number of ketones is 1. The topological polar surface area (TPSA) is 110 Å². The maximum atomic E-state index is 12.0. The van der Waals surface area contributed by atoms with Crippen molar-refractivity contribution in [3.05, 3.63) is 59.7 Å². The van der Waals surface area contributed by atoms with Crippen molar-refractivity contribution < 1.29 is 27.9 Å². The van der Waals surface area contributed by atoms with E-state index in [1.54, 1.807) is 0 Å². The van der Waals surface area contributed by atoms with E-state index in [-0.39, 0.29) is 16.9 Å². The third-order valence-corrected chi connectivity index (χ3v) is 3.53. The summed E-state index contributed by atoms with van der Waals surface area (Å²) in [6, 6.07) is 11.3. The van der Waals surface area contributed by atoms with Gasteiger partial charge in [-0.1, -0.05) is 6.07 Å². The van der Waals surface area contributed by atoms with Gasteiger partial charge in [0.15, 0.2) is 12.4 Å². The number of hydrogen-bond acceptors (Lipinski definition) is 6. The number of phenolic OH excluding ortho intramolecular Hbond substituents is 1. The Bertz CT molecular complexity index is 858. The van der Waals surface area contributed by atoms with E-state index >= 15 is 0 Å². The average molecular weight is 349 g/mol. The van der Waals surface area contributed by atoms with E-state index in [9.17, 15) is 23.1 Å². The molecule has 126 valence electrons. The van der Waals surface area contributed by atoms with Gasteiger partial charge in [0.05, 0.1) is 11.8 Å². The smallest absolute Gasteiger partial charge is 0.338 e. The van der Waals surface area contributed by atoms with Crippen LogP contribution in [0.15, 0.2) is 48.5 Å². The van der Waals surface area contributed by atoms with Crippen molar-refractivity contribution in [3.63, 3.8) is 0 Å². The van der Waals surface area contributed by atoms with Crippen LogP contribution in [0.3, 0.4) is 0 Å². The first-order valence-corrected chi connectivity index (χ1v) is 8.71. The minimum absolute atomic E-state index is 0.0789. The molecule has 0 amide bonds. The van der Waals surface area contributed by atoms with Crippen molar-refractivity contribution >= 4 is 27.5 Å². The fourth-order valence-corrected chi connectivity index (χ4v) is 2.43. The number of hydrogen-bond donors (Lipinski definition) is 2. The summed E-state index contributed by atoms with van der Waals surface area (Å²) in [4.78, 5) is 23.8. The zero-order valence-electron chi connectivity index (χ0n) is 12.7. The summed E-state index contributed by atoms with van der Waals surface area (Å²) in [6.45, 7) is -0.465. The van der Waals surface area contributed by atoms with E-state index in [1.165, 1.54) is 48.5 Å². The normalized spacial score (nSPS) is 10.9. The van der Waals surface area contributed by atoms with Gasteiger partial charge >= 0.3 is 5.97 Å². The van der Waals surface area contributed by atoms with E-state index in [2.05, 4.69) is 4.72 Å². The summed E-state index contributed by atoms with van der Waals surface area (Å²) in [5.74, 6) is -1.24. The molecule has 2 aromatic carbocycles. The second kappa shape index (κ2) is 7.14. The number of Topliss-reactive ketones (excluding diaryl/α,β-unsaturated/α-hetero) is 1. The van der Waals surface area contributed by atoms with Gasteiger partial charge in [-0.05, 0) is 42.5 Å². The third-order valence-electron chi connectivity index (χ3n) is 2.93. The molecule has 0 bridgehead atoms. The molecular weight excluding hydrogens is 334 g/mol. The van der Waals surface area contributed by atoms with Crippen LogP contribution >= 0.6 is 0 Å². The Kier molecular flexibility index (Phi) is 5.20. The molecule has 7 nitrogen and oxygen atoms in total. The molecule has 0 aliphatic heterocycles. The molecule has 0 radical (unpaired) electrons. The maximum absolute atomic E-state index is 12.0. The summed E-state index contributed by atoms with van der Waals surface area (Å²) in [5.41, 5.74) is 0.735. The Balaban J connectivity index is 1.96. The second-order valence-corrected chi connectivity index (χ2v) is 6.75. The van der Waals surface area contributed by atoms with Crippen molar-refractivity contribution in [1.29, 1.82) is 0 Å². The summed E-state index contributed by atoms with van der Waals surface area (Å²) >= 11 is 0. The van der Waals surface area contributed by atoms with Crippen molar-refractivity contribution in [1.82, 2.24) is 0 Å². The van der Waals surface area contributed by atoms with E-state index in [4.69, 9.17) is 4.74 Å². The first-order valence-electron chi connectivity index (χ1n) is 6.82. The highest BCUT2D eigenvalue weighted by atomic mass is 32.2. The molecule has 2 rings (SSSR count). The lowest BCUT2D eigenvalue weighted by atomic mass is 10.1. The van der Waals surface area contributed by atoms with Crippen LogP contribution < -0.4 is 4.72 Å². The monoisotopic (exact) mass is 349 g/mol. The lowest BCUT2D eigenvalue weighted by Gasteiger charge is -2.06. The molecule has 24 heavy (non-hydrogen) atoms. The number of benzene rings is 2. The van der Waals surface area contributed by atoms with Gasteiger partial charge in [0, 0.05) is 11.3 Å². The third kappa shape index (κ3) is 5.10. The number of esters is 1. The van der Waals surface area contributed by atoms with Crippen LogP contribution in [-0.2, 0) is 14.8 Å². The number of sulfonamides is 1. The highest BCUT2D eigenvalue weighted by molar-refractivity contribution is 7.92. The molecule has 0 heterocycles. The van der Waals surface area contributed by atoms with E-state index in [0.29, 0.717) is 5.69 Å². The minimum atomic E-state index is -3.39. The van der Waals surface area contributed by atoms with Crippen molar-refractivity contribution in [2.45, 2.75) is 0 Å². The number of carbonyl (C=O) groups is 2. The largest absolute Gasteiger partial charge is 0.508 e. The molecule has 0 saturated heterocycles. The Morgan fingerprint density at radius 1 is 1.08 bits per heavy atom. The minimum Gasteiger partial charge on any atom is -0.508 e. The molecule has 0 aliphatic carbocycles. The zero-order valence-corrected chi connectivity index (χ0v) is 13.5. The Hall–Kier alpha value is -2.87. The maximum Gasteiger partial charge on any atom is 0.338 e. The highest BCUT2D eigenvalue weighted by Crippen LogP contribution is 2.13. The summed E-state index contributed by atoms with van der Waals surface area (Å²) < 4.78 is 29.4. The quantitative estimate of drug-likeness (QED) is 0.608. The van der Waals surface area contributed by atoms with Gasteiger partial charge in [-0.15, -0.1) is 0 Å². The van der Waals surface area contributed by atoms with Crippen LogP contribution in [0.5, 0.6) is 5.75 Å². The van der Waals surface area contributed by atoms with Gasteiger partial charge in [-0.25, -0.2) is 13.2 Å². The van der Waals surface area contributed by atoms with Crippen molar-refractivity contribution in [2.24, 2.45) is 0 Å². The van der Waals surface area contributed by atoms with Crippen LogP contribution in [-0.4, -0.2) is 38.1 Å². The number of anilines is 1. The second-order valence-electron chi connectivity index (χ2n) is 5.00. The van der Waals surface area contributed by atoms with Crippen molar-refractivity contribution in [3.8, 4) is 5.75 Å². The first kappa shape index (κ1) is 17.5. The van der Waals surface area contributed by atoms with Crippen LogP contribution in [0.4, 0.5) is 5.69 Å². The van der Waals surface area contributed by atoms with Gasteiger partial charge in [-0.3, -0.25) is 9.52 Å². The predicted molar refractivity (Wildman–Crippen MR) is 87.6 cm³/mol. The Morgan fingerprint density at radius 2 is 1.75 bits per heavy atom. The number of carbonyl (C=O) groups excluding carboxylic acids is 2. The SMILES string of the molecule is CS(=O)(=O)Nc1ccc(C(=O)COC(=O)c2cccc(O)c2)cc1. The molecule has 0 spiro atoms. The van der Waals surface area contributed by atoms with Gasteiger partial charge in [0.25, 0.3) is 0 Å². The number of ether oxygens (including phenoxy) is 1. The number of aromatic hydroxyl groups is 1. The summed E-state index contributed by atoms with van der Waals surface area (Å²) in [7, 11) is -3.39. The van der Waals surface area contributed by atoms with Crippen molar-refractivity contribution in [2.75, 3.05) is 17.6 Å². The van der Waals surface area contributed by atoms with Crippen LogP contribution in [0.2, 0.25) is 0 Å². The predicted octanol–water partition coefficient (Wildman–Crippen LogP) is 1.80. The van der Waals surface area contributed by atoms with Crippen LogP contribution in [0.25, 0.3) is 0 Å². The lowest BCUT2D eigenvalue weighted by molar-refractivity contribution is 0.0474. The summed E-state index contributed by atoms with van der Waals surface area (Å²) in [5, 5.41) is 9.30. The molecule has 0 aromatic heterocycles. The molecule has 0 saturated carbocycles. The number of nitrogens with one attached hydrogen (secondary N) is 1. The molecule has 2 aromatic rings. The molecule has 0 unspecified atom stereocenters. The molecule has 0 fully saturated rings. The number of rotatable bonds is 6. The Morgan fingerprint density at radius 3 is 2.33 bits per heavy atom. The van der Waals surface area contributed by atoms with E-state index < -0.39 is 28.4 Å². The van der Waals surface area contributed by atoms with Crippen LogP contribution in [0, 0.1) is 0 Å².